The maximum atomic E-state index is 13.3. The van der Waals surface area contributed by atoms with E-state index in [0.29, 0.717) is 17.7 Å². The van der Waals surface area contributed by atoms with Crippen molar-refractivity contribution in [2.24, 2.45) is 0 Å². The van der Waals surface area contributed by atoms with E-state index in [-0.39, 0.29) is 13.0 Å². The lowest BCUT2D eigenvalue weighted by molar-refractivity contribution is -0.154. The minimum absolute atomic E-state index is 0.0366. The number of carbonyl (C=O) groups excluding carboxylic acids is 3. The number of aliphatic hydroxyl groups is 1. The van der Waals surface area contributed by atoms with Crippen molar-refractivity contribution in [1.82, 2.24) is 4.90 Å². The number of hydrogen-bond donors (Lipinski definition) is 1. The number of amides is 2. The van der Waals surface area contributed by atoms with Crippen LogP contribution in [0.2, 0.25) is 0 Å². The molecule has 1 fully saturated rings. The van der Waals surface area contributed by atoms with Gasteiger partial charge in [0.15, 0.2) is 0 Å². The van der Waals surface area contributed by atoms with Gasteiger partial charge in [0.2, 0.25) is 0 Å². The van der Waals surface area contributed by atoms with Gasteiger partial charge >= 0.3 is 18.2 Å². The maximum Gasteiger partial charge on any atom is 0.420 e. The van der Waals surface area contributed by atoms with E-state index in [1.54, 1.807) is 53.7 Å². The molecule has 1 aromatic rings. The first kappa shape index (κ1) is 27.6. The topological polar surface area (TPSA) is 102 Å². The molecular weight excluding hydrogens is 438 g/mol. The molecule has 1 atom stereocenters. The standard InChI is InChI=1S/C26H39NO7/c1-24(2,3)33-22(29)27(23(30)34-25(4,5)6)20(17-26(31)15-11-8-12-16-26)21(28)32-18-19-13-9-7-10-14-19/h7,9-10,13-14,20,31H,8,11-12,15-18H2,1-6H3. The highest BCUT2D eigenvalue weighted by Gasteiger charge is 2.45. The zero-order valence-corrected chi connectivity index (χ0v) is 21.3. The molecule has 1 saturated carbocycles. The number of imide groups is 1. The quantitative estimate of drug-likeness (QED) is 0.435. The molecule has 0 heterocycles. The summed E-state index contributed by atoms with van der Waals surface area (Å²) in [7, 11) is 0. The first-order chi connectivity index (χ1) is 15.7. The second kappa shape index (κ2) is 11.2. The first-order valence-corrected chi connectivity index (χ1v) is 11.9. The average molecular weight is 478 g/mol. The Morgan fingerprint density at radius 2 is 1.41 bits per heavy atom. The normalized spacial score (nSPS) is 16.8. The highest BCUT2D eigenvalue weighted by Crippen LogP contribution is 2.34. The summed E-state index contributed by atoms with van der Waals surface area (Å²) in [5.74, 6) is -0.806. The Hall–Kier alpha value is -2.61. The Morgan fingerprint density at radius 3 is 1.88 bits per heavy atom. The fourth-order valence-electron chi connectivity index (χ4n) is 3.83. The Balaban J connectivity index is 2.39. The third-order valence-electron chi connectivity index (χ3n) is 5.35. The zero-order chi connectivity index (χ0) is 25.6. The molecule has 190 valence electrons. The number of rotatable bonds is 6. The van der Waals surface area contributed by atoms with E-state index in [1.807, 2.05) is 18.2 Å². The van der Waals surface area contributed by atoms with Gasteiger partial charge in [-0.3, -0.25) is 0 Å². The van der Waals surface area contributed by atoms with Crippen molar-refractivity contribution in [3.63, 3.8) is 0 Å². The Kier molecular flexibility index (Phi) is 9.11. The monoisotopic (exact) mass is 477 g/mol. The summed E-state index contributed by atoms with van der Waals surface area (Å²) >= 11 is 0. The summed E-state index contributed by atoms with van der Waals surface area (Å²) in [6.45, 7) is 9.94. The molecule has 1 N–H and O–H groups in total. The highest BCUT2D eigenvalue weighted by atomic mass is 16.6. The predicted molar refractivity (Wildman–Crippen MR) is 127 cm³/mol. The van der Waals surface area contributed by atoms with Crippen LogP contribution >= 0.6 is 0 Å². The van der Waals surface area contributed by atoms with Crippen LogP contribution in [0.1, 0.15) is 85.6 Å². The lowest BCUT2D eigenvalue weighted by Crippen LogP contribution is -2.55. The van der Waals surface area contributed by atoms with Crippen LogP contribution in [0.5, 0.6) is 0 Å². The van der Waals surface area contributed by atoms with Crippen LogP contribution in [-0.2, 0) is 25.6 Å². The first-order valence-electron chi connectivity index (χ1n) is 11.9. The van der Waals surface area contributed by atoms with E-state index in [1.165, 1.54) is 0 Å². The SMILES string of the molecule is CC(C)(C)OC(=O)N(C(=O)OC(C)(C)C)C(CC1(O)CCCCC1)C(=O)OCc1ccccc1. The van der Waals surface area contributed by atoms with Gasteiger partial charge in [0, 0.05) is 6.42 Å². The van der Waals surface area contributed by atoms with Crippen LogP contribution in [-0.4, -0.2) is 51.0 Å². The minimum atomic E-state index is -1.41. The third-order valence-corrected chi connectivity index (χ3v) is 5.35. The number of nitrogens with zero attached hydrogens (tertiary/aromatic N) is 1. The molecule has 34 heavy (non-hydrogen) atoms. The van der Waals surface area contributed by atoms with Crippen molar-refractivity contribution in [3.05, 3.63) is 35.9 Å². The van der Waals surface area contributed by atoms with Gasteiger partial charge < -0.3 is 19.3 Å². The van der Waals surface area contributed by atoms with Crippen molar-refractivity contribution < 1.29 is 33.7 Å². The molecule has 0 radical (unpaired) electrons. The lowest BCUT2D eigenvalue weighted by Gasteiger charge is -2.38. The molecule has 0 aromatic heterocycles. The molecule has 1 aromatic carbocycles. The van der Waals surface area contributed by atoms with E-state index in [2.05, 4.69) is 0 Å². The van der Waals surface area contributed by atoms with Gasteiger partial charge in [0.05, 0.1) is 5.60 Å². The van der Waals surface area contributed by atoms with Crippen molar-refractivity contribution in [3.8, 4) is 0 Å². The van der Waals surface area contributed by atoms with Crippen LogP contribution in [0.4, 0.5) is 9.59 Å². The molecule has 2 rings (SSSR count). The molecule has 0 spiro atoms. The molecule has 0 aliphatic heterocycles. The summed E-state index contributed by atoms with van der Waals surface area (Å²) < 4.78 is 16.4. The number of ether oxygens (including phenoxy) is 3. The van der Waals surface area contributed by atoms with Gasteiger partial charge in [0.1, 0.15) is 23.9 Å². The molecule has 8 nitrogen and oxygen atoms in total. The molecule has 0 bridgehead atoms. The lowest BCUT2D eigenvalue weighted by atomic mass is 9.80. The molecule has 0 saturated heterocycles. The smallest absolute Gasteiger partial charge is 0.420 e. The molecule has 1 aliphatic carbocycles. The molecule has 1 aliphatic rings. The van der Waals surface area contributed by atoms with Gasteiger partial charge in [-0.1, -0.05) is 49.6 Å². The number of carbonyl (C=O) groups is 3. The number of esters is 1. The molecule has 1 unspecified atom stereocenters. The summed E-state index contributed by atoms with van der Waals surface area (Å²) in [5, 5.41) is 11.2. The van der Waals surface area contributed by atoms with Crippen molar-refractivity contribution >= 4 is 18.2 Å². The molecule has 2 amide bonds. The predicted octanol–water partition coefficient (Wildman–Crippen LogP) is 5.36. The van der Waals surface area contributed by atoms with Gasteiger partial charge in [0.25, 0.3) is 0 Å². The van der Waals surface area contributed by atoms with E-state index < -0.39 is 41.0 Å². The van der Waals surface area contributed by atoms with Crippen LogP contribution in [0.3, 0.4) is 0 Å². The third kappa shape index (κ3) is 8.97. The number of hydrogen-bond acceptors (Lipinski definition) is 7. The average Bonchev–Trinajstić information content (AvgIpc) is 2.70. The summed E-state index contributed by atoms with van der Waals surface area (Å²) in [5.41, 5.74) is -2.29. The van der Waals surface area contributed by atoms with Crippen LogP contribution in [0, 0.1) is 0 Å². The summed E-state index contributed by atoms with van der Waals surface area (Å²) in [6.07, 6.45) is 1.29. The van der Waals surface area contributed by atoms with Gasteiger partial charge in [-0.2, -0.15) is 4.90 Å². The van der Waals surface area contributed by atoms with Crippen molar-refractivity contribution in [2.45, 2.75) is 110 Å². The van der Waals surface area contributed by atoms with Crippen LogP contribution in [0.15, 0.2) is 30.3 Å². The number of benzene rings is 1. The van der Waals surface area contributed by atoms with Gasteiger partial charge in [-0.05, 0) is 59.9 Å². The fourth-order valence-corrected chi connectivity index (χ4v) is 3.83. The van der Waals surface area contributed by atoms with Gasteiger partial charge in [-0.25, -0.2) is 14.4 Å². The largest absolute Gasteiger partial charge is 0.459 e. The van der Waals surface area contributed by atoms with E-state index in [9.17, 15) is 19.5 Å². The Morgan fingerprint density at radius 1 is 0.912 bits per heavy atom. The Bertz CT molecular complexity index is 805. The molecule has 8 heteroatoms. The van der Waals surface area contributed by atoms with Crippen molar-refractivity contribution in [2.75, 3.05) is 0 Å². The van der Waals surface area contributed by atoms with E-state index >= 15 is 0 Å². The Labute approximate surface area is 202 Å². The van der Waals surface area contributed by atoms with Gasteiger partial charge in [-0.15, -0.1) is 0 Å². The fraction of sp³-hybridized carbons (Fsp3) is 0.654. The van der Waals surface area contributed by atoms with E-state index in [4.69, 9.17) is 14.2 Å². The van der Waals surface area contributed by atoms with Crippen molar-refractivity contribution in [1.29, 1.82) is 0 Å². The molecular formula is C26H39NO7. The van der Waals surface area contributed by atoms with Crippen LogP contribution in [0.25, 0.3) is 0 Å². The highest BCUT2D eigenvalue weighted by molar-refractivity contribution is 5.94. The summed E-state index contributed by atoms with van der Waals surface area (Å²) in [6, 6.07) is 7.68. The maximum absolute atomic E-state index is 13.3. The summed E-state index contributed by atoms with van der Waals surface area (Å²) in [4.78, 5) is 40.3. The second-order valence-electron chi connectivity index (χ2n) is 10.9. The van der Waals surface area contributed by atoms with Crippen LogP contribution < -0.4 is 0 Å². The van der Waals surface area contributed by atoms with E-state index in [0.717, 1.165) is 24.8 Å². The zero-order valence-electron chi connectivity index (χ0n) is 21.3. The minimum Gasteiger partial charge on any atom is -0.459 e. The second-order valence-corrected chi connectivity index (χ2v) is 10.9.